The van der Waals surface area contributed by atoms with Crippen molar-refractivity contribution in [3.8, 4) is 0 Å². The summed E-state index contributed by atoms with van der Waals surface area (Å²) < 4.78 is 3.13. The Balaban J connectivity index is 1.56. The topological polar surface area (TPSA) is 54.3 Å². The van der Waals surface area contributed by atoms with E-state index in [1.54, 1.807) is 16.2 Å². The van der Waals surface area contributed by atoms with E-state index in [-0.39, 0.29) is 17.9 Å². The molecule has 2 amide bonds. The van der Waals surface area contributed by atoms with Crippen molar-refractivity contribution in [2.24, 2.45) is 0 Å². The molecule has 2 aliphatic rings. The van der Waals surface area contributed by atoms with E-state index in [1.807, 2.05) is 41.1 Å². The monoisotopic (exact) mass is 463 g/mol. The summed E-state index contributed by atoms with van der Waals surface area (Å²) in [6.07, 6.45) is 6.81. The van der Waals surface area contributed by atoms with Gasteiger partial charge in [0.15, 0.2) is 0 Å². The number of carbonyl (C=O) groups is 2. The molecule has 1 saturated carbocycles. The van der Waals surface area contributed by atoms with Gasteiger partial charge in [0, 0.05) is 11.7 Å². The third-order valence-corrected chi connectivity index (χ3v) is 8.26. The van der Waals surface area contributed by atoms with Crippen LogP contribution in [0.2, 0.25) is 0 Å². The lowest BCUT2D eigenvalue weighted by Gasteiger charge is -2.44. The first-order chi connectivity index (χ1) is 15.9. The van der Waals surface area contributed by atoms with E-state index in [0.29, 0.717) is 18.2 Å². The van der Waals surface area contributed by atoms with Crippen LogP contribution in [-0.4, -0.2) is 28.0 Å². The first-order valence-corrected chi connectivity index (χ1v) is 13.1. The van der Waals surface area contributed by atoms with Gasteiger partial charge in [0.05, 0.1) is 16.8 Å². The molecule has 0 spiro atoms. The smallest absolute Gasteiger partial charge is 0.275 e. The van der Waals surface area contributed by atoms with Crippen molar-refractivity contribution >= 4 is 39.1 Å². The summed E-state index contributed by atoms with van der Waals surface area (Å²) in [6, 6.07) is 12.3. The van der Waals surface area contributed by atoms with E-state index in [9.17, 15) is 9.59 Å². The zero-order valence-corrected chi connectivity index (χ0v) is 20.6. The van der Waals surface area contributed by atoms with Crippen LogP contribution < -0.4 is 10.2 Å². The van der Waals surface area contributed by atoms with Gasteiger partial charge >= 0.3 is 0 Å². The van der Waals surface area contributed by atoms with E-state index in [1.165, 1.54) is 18.4 Å². The summed E-state index contributed by atoms with van der Waals surface area (Å²) in [6.45, 7) is 6.68. The minimum absolute atomic E-state index is 0.0570. The summed E-state index contributed by atoms with van der Waals surface area (Å²) in [5.74, 6) is 0.240. The maximum absolute atomic E-state index is 13.9. The standard InChI is InChI=1S/C27H33N3O2S/c1-18(2)19-10-12-21(13-11-19)30-25(31)23-16-24-22(14-15-33-24)29(23)17-27(30,3)26(32)28-20-8-6-4-5-7-9-20/h10-16,18,20H,4-9,17H2,1-3H3,(H,28,32)/t27-/m0/s1. The summed E-state index contributed by atoms with van der Waals surface area (Å²) in [7, 11) is 0. The van der Waals surface area contributed by atoms with Crippen LogP contribution in [-0.2, 0) is 11.3 Å². The molecule has 0 unspecified atom stereocenters. The lowest BCUT2D eigenvalue weighted by molar-refractivity contribution is -0.127. The van der Waals surface area contributed by atoms with Crippen LogP contribution in [0.15, 0.2) is 41.8 Å². The molecule has 1 atom stereocenters. The zero-order valence-electron chi connectivity index (χ0n) is 19.8. The van der Waals surface area contributed by atoms with Gasteiger partial charge < -0.3 is 9.88 Å². The van der Waals surface area contributed by atoms with Crippen LogP contribution in [0.4, 0.5) is 5.69 Å². The molecule has 174 valence electrons. The number of rotatable bonds is 4. The molecular weight excluding hydrogens is 430 g/mol. The predicted octanol–water partition coefficient (Wildman–Crippen LogP) is 6.08. The summed E-state index contributed by atoms with van der Waals surface area (Å²) in [4.78, 5) is 29.5. The lowest BCUT2D eigenvalue weighted by atomic mass is 9.92. The second-order valence-electron chi connectivity index (χ2n) is 10.1. The minimum atomic E-state index is -1.01. The highest BCUT2D eigenvalue weighted by Gasteiger charge is 2.49. The molecule has 1 fully saturated rings. The number of amides is 2. The van der Waals surface area contributed by atoms with E-state index in [4.69, 9.17) is 0 Å². The van der Waals surface area contributed by atoms with Gasteiger partial charge in [-0.1, -0.05) is 51.7 Å². The Morgan fingerprint density at radius 2 is 1.79 bits per heavy atom. The summed E-state index contributed by atoms with van der Waals surface area (Å²) in [5.41, 5.74) is 2.68. The van der Waals surface area contributed by atoms with Gasteiger partial charge in [0.2, 0.25) is 5.91 Å². The fraction of sp³-hybridized carbons (Fsp3) is 0.481. The molecular formula is C27H33N3O2S. The molecule has 3 heterocycles. The first-order valence-electron chi connectivity index (χ1n) is 12.2. The second kappa shape index (κ2) is 8.64. The van der Waals surface area contributed by atoms with Gasteiger partial charge in [-0.2, -0.15) is 0 Å². The number of benzene rings is 1. The van der Waals surface area contributed by atoms with E-state index >= 15 is 0 Å². The predicted molar refractivity (Wildman–Crippen MR) is 135 cm³/mol. The molecule has 2 aromatic heterocycles. The normalized spacial score (nSPS) is 21.9. The molecule has 0 bridgehead atoms. The van der Waals surface area contributed by atoms with Gasteiger partial charge in [-0.15, -0.1) is 11.3 Å². The number of nitrogens with zero attached hydrogens (tertiary/aromatic N) is 2. The Morgan fingerprint density at radius 1 is 1.09 bits per heavy atom. The van der Waals surface area contributed by atoms with Crippen molar-refractivity contribution < 1.29 is 9.59 Å². The highest BCUT2D eigenvalue weighted by Crippen LogP contribution is 2.37. The number of aromatic nitrogens is 1. The third kappa shape index (κ3) is 3.88. The fourth-order valence-corrected chi connectivity index (χ4v) is 6.21. The number of hydrogen-bond acceptors (Lipinski definition) is 3. The van der Waals surface area contributed by atoms with Gasteiger partial charge in [0.25, 0.3) is 5.91 Å². The number of nitrogens with one attached hydrogen (secondary N) is 1. The molecule has 1 aliphatic heterocycles. The minimum Gasteiger partial charge on any atom is -0.351 e. The second-order valence-corrected chi connectivity index (χ2v) is 11.1. The molecule has 33 heavy (non-hydrogen) atoms. The molecule has 1 aromatic carbocycles. The average molecular weight is 464 g/mol. The molecule has 1 aliphatic carbocycles. The molecule has 5 nitrogen and oxygen atoms in total. The SMILES string of the molecule is CC(C)c1ccc(N2C(=O)c3cc4sccc4n3C[C@@]2(C)C(=O)NC2CCCCCC2)cc1. The molecule has 6 heteroatoms. The van der Waals surface area contributed by atoms with Crippen LogP contribution in [0.1, 0.15) is 81.3 Å². The highest BCUT2D eigenvalue weighted by atomic mass is 32.1. The largest absolute Gasteiger partial charge is 0.351 e. The summed E-state index contributed by atoms with van der Waals surface area (Å²) >= 11 is 1.63. The molecule has 5 rings (SSSR count). The Labute approximate surface area is 199 Å². The number of anilines is 1. The van der Waals surface area contributed by atoms with E-state index in [2.05, 4.69) is 31.3 Å². The number of thiophene rings is 1. The van der Waals surface area contributed by atoms with Crippen molar-refractivity contribution in [3.63, 3.8) is 0 Å². The van der Waals surface area contributed by atoms with Crippen LogP contribution in [0.25, 0.3) is 10.2 Å². The Morgan fingerprint density at radius 3 is 2.45 bits per heavy atom. The zero-order chi connectivity index (χ0) is 23.2. The molecule has 1 N–H and O–H groups in total. The van der Waals surface area contributed by atoms with Crippen molar-refractivity contribution in [1.82, 2.24) is 9.88 Å². The van der Waals surface area contributed by atoms with Crippen LogP contribution >= 0.6 is 11.3 Å². The maximum Gasteiger partial charge on any atom is 0.275 e. The van der Waals surface area contributed by atoms with Gasteiger partial charge in [-0.25, -0.2) is 0 Å². The molecule has 0 radical (unpaired) electrons. The highest BCUT2D eigenvalue weighted by molar-refractivity contribution is 7.17. The van der Waals surface area contributed by atoms with Crippen LogP contribution in [0, 0.1) is 0 Å². The summed E-state index contributed by atoms with van der Waals surface area (Å²) in [5, 5.41) is 5.38. The Kier molecular flexibility index (Phi) is 5.81. The fourth-order valence-electron chi connectivity index (χ4n) is 5.39. The Hall–Kier alpha value is -2.60. The quantitative estimate of drug-likeness (QED) is 0.477. The number of carbonyl (C=O) groups excluding carboxylic acids is 2. The van der Waals surface area contributed by atoms with Gasteiger partial charge in [-0.3, -0.25) is 14.5 Å². The third-order valence-electron chi connectivity index (χ3n) is 7.40. The molecule has 0 saturated heterocycles. The number of fused-ring (bicyclic) bond motifs is 3. The average Bonchev–Trinajstić information content (AvgIpc) is 3.29. The van der Waals surface area contributed by atoms with Crippen molar-refractivity contribution in [1.29, 1.82) is 0 Å². The van der Waals surface area contributed by atoms with Crippen LogP contribution in [0.3, 0.4) is 0 Å². The number of hydrogen-bond donors (Lipinski definition) is 1. The Bertz CT molecular complexity index is 1170. The maximum atomic E-state index is 13.9. The van der Waals surface area contributed by atoms with Crippen LogP contribution in [0.5, 0.6) is 0 Å². The lowest BCUT2D eigenvalue weighted by Crippen LogP contribution is -2.65. The van der Waals surface area contributed by atoms with Crippen molar-refractivity contribution in [2.45, 2.75) is 83.3 Å². The van der Waals surface area contributed by atoms with E-state index < -0.39 is 5.54 Å². The first kappa shape index (κ1) is 22.2. The van der Waals surface area contributed by atoms with Gasteiger partial charge in [0.1, 0.15) is 11.2 Å². The van der Waals surface area contributed by atoms with Crippen molar-refractivity contribution in [2.75, 3.05) is 4.90 Å². The van der Waals surface area contributed by atoms with Gasteiger partial charge in [-0.05, 0) is 60.9 Å². The van der Waals surface area contributed by atoms with Crippen molar-refractivity contribution in [3.05, 3.63) is 53.0 Å². The molecule has 3 aromatic rings. The van der Waals surface area contributed by atoms with E-state index in [0.717, 1.165) is 41.6 Å².